The molecule has 0 atom stereocenters. The number of benzene rings is 2. The van der Waals surface area contributed by atoms with Gasteiger partial charge in [-0.3, -0.25) is 4.72 Å². The highest BCUT2D eigenvalue weighted by Crippen LogP contribution is 2.29. The fraction of sp³-hybridized carbons (Fsp3) is 0.250. The minimum absolute atomic E-state index is 0.0534. The van der Waals surface area contributed by atoms with Crippen molar-refractivity contribution in [2.24, 2.45) is 0 Å². The van der Waals surface area contributed by atoms with Gasteiger partial charge in [-0.2, -0.15) is 0 Å². The molecule has 1 saturated heterocycles. The number of thiazole rings is 1. The number of halogens is 1. The number of nitrogens with zero attached hydrogens (tertiary/aromatic N) is 2. The number of hydrogen-bond donors (Lipinski definition) is 1. The highest BCUT2D eigenvalue weighted by molar-refractivity contribution is 7.92. The van der Waals surface area contributed by atoms with Crippen molar-refractivity contribution < 1.29 is 17.5 Å². The van der Waals surface area contributed by atoms with Gasteiger partial charge in [0, 0.05) is 29.7 Å². The van der Waals surface area contributed by atoms with E-state index < -0.39 is 15.8 Å². The van der Waals surface area contributed by atoms with Gasteiger partial charge in [0.15, 0.2) is 5.13 Å². The maximum absolute atomic E-state index is 13.3. The van der Waals surface area contributed by atoms with Gasteiger partial charge in [-0.25, -0.2) is 17.8 Å². The lowest BCUT2D eigenvalue weighted by Crippen LogP contribution is -2.36. The first-order valence-electron chi connectivity index (χ1n) is 9.10. The maximum atomic E-state index is 13.3. The molecule has 0 saturated carbocycles. The second-order valence-corrected chi connectivity index (χ2v) is 9.19. The molecule has 4 rings (SSSR count). The second kappa shape index (κ2) is 8.10. The van der Waals surface area contributed by atoms with Gasteiger partial charge in [0.05, 0.1) is 23.8 Å². The van der Waals surface area contributed by atoms with Crippen molar-refractivity contribution in [3.8, 4) is 11.3 Å². The summed E-state index contributed by atoms with van der Waals surface area (Å²) in [5.41, 5.74) is 2.54. The zero-order chi connectivity index (χ0) is 20.4. The van der Waals surface area contributed by atoms with E-state index in [2.05, 4.69) is 9.62 Å². The largest absolute Gasteiger partial charge is 0.378 e. The molecule has 0 radical (unpaired) electrons. The number of sulfonamides is 1. The van der Waals surface area contributed by atoms with Gasteiger partial charge < -0.3 is 9.64 Å². The summed E-state index contributed by atoms with van der Waals surface area (Å²) in [7, 11) is -3.80. The summed E-state index contributed by atoms with van der Waals surface area (Å²) >= 11 is 1.58. The molecule has 0 bridgehead atoms. The number of ether oxygens (including phenoxy) is 1. The van der Waals surface area contributed by atoms with Crippen molar-refractivity contribution >= 4 is 32.2 Å². The summed E-state index contributed by atoms with van der Waals surface area (Å²) in [6.45, 7) is 4.64. The summed E-state index contributed by atoms with van der Waals surface area (Å²) in [4.78, 5) is 6.94. The van der Waals surface area contributed by atoms with Gasteiger partial charge >= 0.3 is 0 Å². The Kier molecular flexibility index (Phi) is 5.53. The van der Waals surface area contributed by atoms with E-state index in [0.717, 1.165) is 35.5 Å². The van der Waals surface area contributed by atoms with Gasteiger partial charge in [0.25, 0.3) is 10.0 Å². The van der Waals surface area contributed by atoms with Crippen LogP contribution in [0.4, 0.5) is 15.2 Å². The van der Waals surface area contributed by atoms with Crippen molar-refractivity contribution in [1.29, 1.82) is 0 Å². The van der Waals surface area contributed by atoms with E-state index >= 15 is 0 Å². The molecule has 9 heteroatoms. The van der Waals surface area contributed by atoms with E-state index in [4.69, 9.17) is 9.72 Å². The van der Waals surface area contributed by atoms with E-state index in [-0.39, 0.29) is 4.90 Å². The molecular weight excluding hydrogens is 413 g/mol. The molecule has 1 N–H and O–H groups in total. The third-order valence-corrected chi connectivity index (χ3v) is 7.08. The lowest BCUT2D eigenvalue weighted by Gasteiger charge is -2.26. The molecule has 1 aliphatic heterocycles. The van der Waals surface area contributed by atoms with Gasteiger partial charge in [-0.15, -0.1) is 11.3 Å². The molecule has 0 amide bonds. The molecule has 0 aliphatic carbocycles. The molecule has 1 fully saturated rings. The normalized spacial score (nSPS) is 14.8. The predicted octanol–water partition coefficient (Wildman–Crippen LogP) is 3.90. The lowest BCUT2D eigenvalue weighted by molar-refractivity contribution is 0.122. The number of hydrogen-bond acceptors (Lipinski definition) is 6. The smallest absolute Gasteiger partial charge is 0.262 e. The lowest BCUT2D eigenvalue weighted by atomic mass is 10.1. The minimum atomic E-state index is -3.80. The Bertz CT molecular complexity index is 1110. The van der Waals surface area contributed by atoms with Crippen LogP contribution in [-0.4, -0.2) is 39.7 Å². The van der Waals surface area contributed by atoms with Gasteiger partial charge in [-0.05, 0) is 42.8 Å². The molecular formula is C20H20FN3O3S2. The van der Waals surface area contributed by atoms with Crippen LogP contribution in [0.2, 0.25) is 0 Å². The number of aromatic nitrogens is 1. The van der Waals surface area contributed by atoms with E-state index in [9.17, 15) is 12.8 Å². The molecule has 0 spiro atoms. The van der Waals surface area contributed by atoms with Gasteiger partial charge in [0.2, 0.25) is 0 Å². The molecule has 1 aliphatic rings. The Balaban J connectivity index is 1.50. The number of anilines is 2. The maximum Gasteiger partial charge on any atom is 0.262 e. The van der Waals surface area contributed by atoms with E-state index in [0.29, 0.717) is 24.5 Å². The van der Waals surface area contributed by atoms with Crippen LogP contribution in [0, 0.1) is 12.7 Å². The first-order chi connectivity index (χ1) is 13.9. The van der Waals surface area contributed by atoms with Gasteiger partial charge in [0.1, 0.15) is 5.82 Å². The number of aryl methyl sites for hydroxylation is 1. The van der Waals surface area contributed by atoms with Crippen LogP contribution in [0.15, 0.2) is 52.7 Å². The molecule has 152 valence electrons. The summed E-state index contributed by atoms with van der Waals surface area (Å²) in [6.07, 6.45) is 0. The van der Waals surface area contributed by atoms with Gasteiger partial charge in [-0.1, -0.05) is 12.1 Å². The van der Waals surface area contributed by atoms with Crippen LogP contribution in [-0.2, 0) is 14.8 Å². The van der Waals surface area contributed by atoms with Crippen LogP contribution in [0.3, 0.4) is 0 Å². The molecule has 2 aromatic carbocycles. The van der Waals surface area contributed by atoms with Crippen LogP contribution < -0.4 is 9.62 Å². The molecule has 1 aromatic heterocycles. The number of rotatable bonds is 5. The fourth-order valence-electron chi connectivity index (χ4n) is 3.13. The van der Waals surface area contributed by atoms with Crippen molar-refractivity contribution in [1.82, 2.24) is 4.98 Å². The third kappa shape index (κ3) is 4.42. The summed E-state index contributed by atoms with van der Waals surface area (Å²) in [6, 6.07) is 10.6. The zero-order valence-electron chi connectivity index (χ0n) is 15.8. The number of nitrogens with one attached hydrogen (secondary N) is 1. The van der Waals surface area contributed by atoms with E-state index in [1.54, 1.807) is 30.4 Å². The number of morpholine rings is 1. The summed E-state index contributed by atoms with van der Waals surface area (Å²) in [5, 5.41) is 2.95. The van der Waals surface area contributed by atoms with Crippen LogP contribution in [0.25, 0.3) is 11.3 Å². The van der Waals surface area contributed by atoms with Crippen LogP contribution >= 0.6 is 11.3 Å². The van der Waals surface area contributed by atoms with Crippen molar-refractivity contribution in [2.75, 3.05) is 35.9 Å². The molecule has 29 heavy (non-hydrogen) atoms. The SMILES string of the molecule is Cc1cc(F)ccc1S(=O)(=O)Nc1ccc(-c2csc(N3CCOCC3)n2)cc1. The van der Waals surface area contributed by atoms with E-state index in [1.165, 1.54) is 12.1 Å². The third-order valence-electron chi connectivity index (χ3n) is 4.63. The summed E-state index contributed by atoms with van der Waals surface area (Å²) < 4.78 is 46.4. The zero-order valence-corrected chi connectivity index (χ0v) is 17.4. The molecule has 0 unspecified atom stereocenters. The first kappa shape index (κ1) is 19.8. The Morgan fingerprint density at radius 2 is 1.86 bits per heavy atom. The molecule has 6 nitrogen and oxygen atoms in total. The molecule has 2 heterocycles. The van der Waals surface area contributed by atoms with Crippen molar-refractivity contribution in [3.63, 3.8) is 0 Å². The van der Waals surface area contributed by atoms with E-state index in [1.807, 2.05) is 17.5 Å². The highest BCUT2D eigenvalue weighted by atomic mass is 32.2. The Morgan fingerprint density at radius 3 is 2.55 bits per heavy atom. The van der Waals surface area contributed by atoms with Crippen LogP contribution in [0.5, 0.6) is 0 Å². The first-order valence-corrected chi connectivity index (χ1v) is 11.5. The second-order valence-electron chi connectivity index (χ2n) is 6.71. The predicted molar refractivity (Wildman–Crippen MR) is 113 cm³/mol. The fourth-order valence-corrected chi connectivity index (χ4v) is 5.31. The van der Waals surface area contributed by atoms with Crippen LogP contribution in [0.1, 0.15) is 5.56 Å². The minimum Gasteiger partial charge on any atom is -0.378 e. The average molecular weight is 434 g/mol. The Hall–Kier alpha value is -2.49. The Morgan fingerprint density at radius 1 is 1.14 bits per heavy atom. The topological polar surface area (TPSA) is 71.5 Å². The quantitative estimate of drug-likeness (QED) is 0.661. The molecule has 3 aromatic rings. The average Bonchev–Trinajstić information content (AvgIpc) is 3.19. The highest BCUT2D eigenvalue weighted by Gasteiger charge is 2.18. The Labute approximate surface area is 173 Å². The summed E-state index contributed by atoms with van der Waals surface area (Å²) in [5.74, 6) is -0.467. The standard InChI is InChI=1S/C20H20FN3O3S2/c1-14-12-16(21)4-7-19(14)29(25,26)23-17-5-2-15(3-6-17)18-13-28-20(22-18)24-8-10-27-11-9-24/h2-7,12-13,23H,8-11H2,1H3. The van der Waals surface area contributed by atoms with Crippen molar-refractivity contribution in [3.05, 3.63) is 59.2 Å². The van der Waals surface area contributed by atoms with Crippen molar-refractivity contribution in [2.45, 2.75) is 11.8 Å². The monoisotopic (exact) mass is 433 g/mol.